The van der Waals surface area contributed by atoms with Crippen LogP contribution in [-0.4, -0.2) is 73.6 Å². The number of aliphatic imine (C=N–C) groups is 1. The van der Waals surface area contributed by atoms with Crippen LogP contribution < -0.4 is 10.6 Å². The van der Waals surface area contributed by atoms with Crippen molar-refractivity contribution in [3.63, 3.8) is 0 Å². The van der Waals surface area contributed by atoms with E-state index in [1.807, 2.05) is 4.90 Å². The molecule has 31 heavy (non-hydrogen) atoms. The molecule has 1 aromatic carbocycles. The van der Waals surface area contributed by atoms with Gasteiger partial charge >= 0.3 is 0 Å². The van der Waals surface area contributed by atoms with Crippen molar-refractivity contribution in [2.75, 3.05) is 45.9 Å². The summed E-state index contributed by atoms with van der Waals surface area (Å²) < 4.78 is 5.52. The third kappa shape index (κ3) is 7.21. The van der Waals surface area contributed by atoms with Crippen molar-refractivity contribution in [2.45, 2.75) is 52.7 Å². The Hall–Kier alpha value is -2.12. The highest BCUT2D eigenvalue weighted by Crippen LogP contribution is 2.16. The predicted molar refractivity (Wildman–Crippen MR) is 125 cm³/mol. The minimum Gasteiger partial charge on any atom is -0.379 e. The predicted octanol–water partition coefficient (Wildman–Crippen LogP) is 2.22. The SMILES string of the molecule is CCNC(=NCc1cccc(CN2CCCC2=O)c1)NCC(C(C)C)N1CCOCC1. The first-order valence-corrected chi connectivity index (χ1v) is 11.8. The van der Waals surface area contributed by atoms with E-state index in [4.69, 9.17) is 9.73 Å². The van der Waals surface area contributed by atoms with Gasteiger partial charge < -0.3 is 20.3 Å². The van der Waals surface area contributed by atoms with Gasteiger partial charge in [0.05, 0.1) is 19.8 Å². The molecule has 7 heteroatoms. The monoisotopic (exact) mass is 429 g/mol. The Morgan fingerprint density at radius 1 is 1.16 bits per heavy atom. The van der Waals surface area contributed by atoms with E-state index in [0.29, 0.717) is 31.5 Å². The highest BCUT2D eigenvalue weighted by Gasteiger charge is 2.24. The number of amides is 1. The van der Waals surface area contributed by atoms with E-state index in [1.54, 1.807) is 0 Å². The minimum atomic E-state index is 0.266. The van der Waals surface area contributed by atoms with E-state index in [2.05, 4.69) is 60.6 Å². The summed E-state index contributed by atoms with van der Waals surface area (Å²) in [5.41, 5.74) is 2.34. The van der Waals surface area contributed by atoms with Crippen LogP contribution >= 0.6 is 0 Å². The zero-order valence-electron chi connectivity index (χ0n) is 19.4. The molecule has 1 amide bonds. The van der Waals surface area contributed by atoms with E-state index in [1.165, 1.54) is 5.56 Å². The lowest BCUT2D eigenvalue weighted by Gasteiger charge is -2.37. The second-order valence-corrected chi connectivity index (χ2v) is 8.77. The number of hydrogen-bond acceptors (Lipinski definition) is 4. The third-order valence-electron chi connectivity index (χ3n) is 6.06. The van der Waals surface area contributed by atoms with Gasteiger partial charge in [-0.15, -0.1) is 0 Å². The summed E-state index contributed by atoms with van der Waals surface area (Å²) in [7, 11) is 0. The Kier molecular flexibility index (Phi) is 9.15. The molecule has 1 atom stereocenters. The van der Waals surface area contributed by atoms with E-state index >= 15 is 0 Å². The Morgan fingerprint density at radius 3 is 2.61 bits per heavy atom. The molecule has 2 saturated heterocycles. The number of hydrogen-bond donors (Lipinski definition) is 2. The molecule has 2 heterocycles. The van der Waals surface area contributed by atoms with Crippen LogP contribution in [0.2, 0.25) is 0 Å². The number of morpholine rings is 1. The standard InChI is InChI=1S/C24H39N5O2/c1-4-25-24(27-17-22(19(2)3)28-11-13-31-14-12-28)26-16-20-7-5-8-21(15-20)18-29-10-6-9-23(29)30/h5,7-8,15,19,22H,4,6,9-14,16-18H2,1-3H3,(H2,25,26,27). The highest BCUT2D eigenvalue weighted by atomic mass is 16.5. The third-order valence-corrected chi connectivity index (χ3v) is 6.06. The second kappa shape index (κ2) is 12.1. The lowest BCUT2D eigenvalue weighted by Crippen LogP contribution is -2.52. The summed E-state index contributed by atoms with van der Waals surface area (Å²) in [5, 5.41) is 6.92. The highest BCUT2D eigenvalue weighted by molar-refractivity contribution is 5.79. The largest absolute Gasteiger partial charge is 0.379 e. The van der Waals surface area contributed by atoms with Crippen molar-refractivity contribution < 1.29 is 9.53 Å². The number of nitrogens with one attached hydrogen (secondary N) is 2. The number of carbonyl (C=O) groups excluding carboxylic acids is 1. The van der Waals surface area contributed by atoms with Crippen LogP contribution in [-0.2, 0) is 22.6 Å². The number of benzene rings is 1. The van der Waals surface area contributed by atoms with Crippen LogP contribution in [0.3, 0.4) is 0 Å². The average Bonchev–Trinajstić information content (AvgIpc) is 3.17. The normalized spacial score (nSPS) is 19.2. The first kappa shape index (κ1) is 23.5. The molecule has 0 aromatic heterocycles. The van der Waals surface area contributed by atoms with Gasteiger partial charge in [-0.05, 0) is 30.4 Å². The summed E-state index contributed by atoms with van der Waals surface area (Å²) >= 11 is 0. The summed E-state index contributed by atoms with van der Waals surface area (Å²) in [6, 6.07) is 8.89. The van der Waals surface area contributed by atoms with Gasteiger partial charge in [0.2, 0.25) is 5.91 Å². The second-order valence-electron chi connectivity index (χ2n) is 8.77. The van der Waals surface area contributed by atoms with Gasteiger partial charge in [-0.3, -0.25) is 9.69 Å². The summed E-state index contributed by atoms with van der Waals surface area (Å²) in [5.74, 6) is 1.67. The average molecular weight is 430 g/mol. The van der Waals surface area contributed by atoms with Crippen molar-refractivity contribution in [3.05, 3.63) is 35.4 Å². The molecular weight excluding hydrogens is 390 g/mol. The van der Waals surface area contributed by atoms with Gasteiger partial charge in [0, 0.05) is 51.7 Å². The molecule has 0 spiro atoms. The number of nitrogens with zero attached hydrogens (tertiary/aromatic N) is 3. The fourth-order valence-corrected chi connectivity index (χ4v) is 4.33. The van der Waals surface area contributed by atoms with Crippen LogP contribution in [0.25, 0.3) is 0 Å². The molecule has 2 aliphatic heterocycles. The maximum Gasteiger partial charge on any atom is 0.222 e. The number of ether oxygens (including phenoxy) is 1. The first-order valence-electron chi connectivity index (χ1n) is 11.8. The molecule has 0 saturated carbocycles. The van der Waals surface area contributed by atoms with E-state index in [0.717, 1.165) is 63.9 Å². The molecule has 172 valence electrons. The molecule has 1 aromatic rings. The van der Waals surface area contributed by atoms with Crippen LogP contribution in [0, 0.1) is 5.92 Å². The van der Waals surface area contributed by atoms with Crippen LogP contribution in [0.1, 0.15) is 44.7 Å². The molecule has 2 fully saturated rings. The molecule has 2 aliphatic rings. The number of guanidine groups is 1. The number of rotatable bonds is 9. The van der Waals surface area contributed by atoms with E-state index in [-0.39, 0.29) is 5.91 Å². The fourth-order valence-electron chi connectivity index (χ4n) is 4.33. The van der Waals surface area contributed by atoms with Gasteiger partial charge in [-0.1, -0.05) is 38.1 Å². The summed E-state index contributed by atoms with van der Waals surface area (Å²) in [4.78, 5) is 21.2. The van der Waals surface area contributed by atoms with Crippen molar-refractivity contribution >= 4 is 11.9 Å². The maximum absolute atomic E-state index is 11.9. The number of carbonyl (C=O) groups is 1. The maximum atomic E-state index is 11.9. The lowest BCUT2D eigenvalue weighted by molar-refractivity contribution is -0.128. The molecular formula is C24H39N5O2. The van der Waals surface area contributed by atoms with Crippen molar-refractivity contribution in [3.8, 4) is 0 Å². The molecule has 0 aliphatic carbocycles. The van der Waals surface area contributed by atoms with Gasteiger partial charge in [0.1, 0.15) is 0 Å². The lowest BCUT2D eigenvalue weighted by atomic mass is 10.0. The van der Waals surface area contributed by atoms with Crippen molar-refractivity contribution in [2.24, 2.45) is 10.9 Å². The van der Waals surface area contributed by atoms with Crippen LogP contribution in [0.4, 0.5) is 0 Å². The Morgan fingerprint density at radius 2 is 1.94 bits per heavy atom. The van der Waals surface area contributed by atoms with E-state index in [9.17, 15) is 4.79 Å². The summed E-state index contributed by atoms with van der Waals surface area (Å²) in [6.45, 7) is 14.1. The van der Waals surface area contributed by atoms with Crippen LogP contribution in [0.5, 0.6) is 0 Å². The Balaban J connectivity index is 1.58. The Bertz CT molecular complexity index is 730. The van der Waals surface area contributed by atoms with Gasteiger partial charge in [-0.2, -0.15) is 0 Å². The zero-order chi connectivity index (χ0) is 22.1. The zero-order valence-corrected chi connectivity index (χ0v) is 19.4. The molecule has 0 bridgehead atoms. The van der Waals surface area contributed by atoms with Crippen molar-refractivity contribution in [1.29, 1.82) is 0 Å². The number of likely N-dealkylation sites (tertiary alicyclic amines) is 1. The summed E-state index contributed by atoms with van der Waals surface area (Å²) in [6.07, 6.45) is 1.66. The van der Waals surface area contributed by atoms with Gasteiger partial charge in [-0.25, -0.2) is 4.99 Å². The fraction of sp³-hybridized carbons (Fsp3) is 0.667. The van der Waals surface area contributed by atoms with E-state index < -0.39 is 0 Å². The molecule has 0 radical (unpaired) electrons. The van der Waals surface area contributed by atoms with Crippen molar-refractivity contribution in [1.82, 2.24) is 20.4 Å². The minimum absolute atomic E-state index is 0.266. The first-order chi connectivity index (χ1) is 15.1. The quantitative estimate of drug-likeness (QED) is 0.465. The Labute approximate surface area is 187 Å². The smallest absolute Gasteiger partial charge is 0.222 e. The van der Waals surface area contributed by atoms with Gasteiger partial charge in [0.25, 0.3) is 0 Å². The molecule has 1 unspecified atom stereocenters. The molecule has 2 N–H and O–H groups in total. The topological polar surface area (TPSA) is 69.2 Å². The van der Waals surface area contributed by atoms with Crippen LogP contribution in [0.15, 0.2) is 29.3 Å². The van der Waals surface area contributed by atoms with Gasteiger partial charge in [0.15, 0.2) is 5.96 Å². The molecule has 7 nitrogen and oxygen atoms in total. The molecule has 3 rings (SSSR count).